The van der Waals surface area contributed by atoms with Crippen LogP contribution in [0, 0.1) is 5.92 Å². The molecule has 0 bridgehead atoms. The van der Waals surface area contributed by atoms with Crippen molar-refractivity contribution < 1.29 is 13.2 Å². The number of halogens is 3. The molecule has 3 rings (SSSR count). The third-order valence-electron chi connectivity index (χ3n) is 3.58. The van der Waals surface area contributed by atoms with Crippen LogP contribution >= 0.6 is 11.3 Å². The van der Waals surface area contributed by atoms with Crippen LogP contribution < -0.4 is 5.73 Å². The zero-order chi connectivity index (χ0) is 14.3. The molecule has 0 amide bonds. The van der Waals surface area contributed by atoms with Crippen LogP contribution in [-0.4, -0.2) is 0 Å². The van der Waals surface area contributed by atoms with Crippen LogP contribution in [0.15, 0.2) is 36.4 Å². The van der Waals surface area contributed by atoms with E-state index < -0.39 is 11.7 Å². The van der Waals surface area contributed by atoms with Crippen molar-refractivity contribution in [3.05, 3.63) is 46.8 Å². The molecule has 1 heterocycles. The van der Waals surface area contributed by atoms with Gasteiger partial charge in [0.25, 0.3) is 0 Å². The first-order valence-electron chi connectivity index (χ1n) is 6.48. The highest BCUT2D eigenvalue weighted by molar-refractivity contribution is 7.15. The minimum Gasteiger partial charge on any atom is -0.323 e. The van der Waals surface area contributed by atoms with Gasteiger partial charge in [-0.1, -0.05) is 12.1 Å². The minimum absolute atomic E-state index is 0.0724. The van der Waals surface area contributed by atoms with Crippen molar-refractivity contribution in [1.82, 2.24) is 0 Å². The Kier molecular flexibility index (Phi) is 3.34. The van der Waals surface area contributed by atoms with Gasteiger partial charge < -0.3 is 5.73 Å². The molecule has 106 valence electrons. The van der Waals surface area contributed by atoms with Crippen molar-refractivity contribution in [2.75, 3.05) is 0 Å². The Morgan fingerprint density at radius 1 is 1.05 bits per heavy atom. The molecule has 1 nitrogen and oxygen atoms in total. The van der Waals surface area contributed by atoms with E-state index in [0.717, 1.165) is 27.5 Å². The predicted molar refractivity (Wildman–Crippen MR) is 74.4 cm³/mol. The molecular formula is C15H14F3NS. The van der Waals surface area contributed by atoms with Crippen LogP contribution in [0.25, 0.3) is 10.4 Å². The third kappa shape index (κ3) is 2.74. The molecule has 1 saturated carbocycles. The molecule has 1 fully saturated rings. The second kappa shape index (κ2) is 4.90. The second-order valence-corrected chi connectivity index (χ2v) is 6.26. The lowest BCUT2D eigenvalue weighted by atomic mass is 10.1. The fraction of sp³-hybridized carbons (Fsp3) is 0.333. The van der Waals surface area contributed by atoms with Crippen molar-refractivity contribution in [3.63, 3.8) is 0 Å². The molecule has 2 aromatic rings. The van der Waals surface area contributed by atoms with Crippen LogP contribution in [0.1, 0.15) is 29.3 Å². The summed E-state index contributed by atoms with van der Waals surface area (Å²) < 4.78 is 37.5. The Morgan fingerprint density at radius 3 is 2.25 bits per heavy atom. The van der Waals surface area contributed by atoms with E-state index >= 15 is 0 Å². The molecule has 0 radical (unpaired) electrons. The number of benzene rings is 1. The number of thiophene rings is 1. The normalized spacial score (nSPS) is 17.2. The first kappa shape index (κ1) is 13.6. The van der Waals surface area contributed by atoms with E-state index in [0.29, 0.717) is 5.92 Å². The summed E-state index contributed by atoms with van der Waals surface area (Å²) >= 11 is 1.57. The van der Waals surface area contributed by atoms with Gasteiger partial charge in [-0.25, -0.2) is 0 Å². The van der Waals surface area contributed by atoms with Gasteiger partial charge in [-0.3, -0.25) is 0 Å². The summed E-state index contributed by atoms with van der Waals surface area (Å²) in [6, 6.07) is 9.27. The number of hydrogen-bond donors (Lipinski definition) is 1. The maximum absolute atomic E-state index is 12.5. The zero-order valence-corrected chi connectivity index (χ0v) is 11.5. The Bertz CT molecular complexity index is 596. The lowest BCUT2D eigenvalue weighted by Crippen LogP contribution is -2.10. The molecular weight excluding hydrogens is 283 g/mol. The molecule has 0 aliphatic heterocycles. The first-order valence-corrected chi connectivity index (χ1v) is 7.30. The lowest BCUT2D eigenvalue weighted by Gasteiger charge is -2.07. The van der Waals surface area contributed by atoms with Crippen LogP contribution in [0.4, 0.5) is 13.2 Å². The van der Waals surface area contributed by atoms with Crippen molar-refractivity contribution in [1.29, 1.82) is 0 Å². The molecule has 1 aromatic carbocycles. The molecule has 20 heavy (non-hydrogen) atoms. The van der Waals surface area contributed by atoms with Gasteiger partial charge in [0.1, 0.15) is 0 Å². The standard InChI is InChI=1S/C15H14F3NS/c16-15(17,18)11-5-3-9(4-6-11)12-7-8-13(20-12)14(19)10-1-2-10/h3-8,10,14H,1-2,19H2. The van der Waals surface area contributed by atoms with Crippen molar-refractivity contribution in [2.45, 2.75) is 25.1 Å². The Balaban J connectivity index is 1.82. The Morgan fingerprint density at radius 2 is 1.70 bits per heavy atom. The van der Waals surface area contributed by atoms with Gasteiger partial charge in [0, 0.05) is 15.8 Å². The van der Waals surface area contributed by atoms with Crippen LogP contribution in [-0.2, 0) is 6.18 Å². The number of alkyl halides is 3. The molecule has 1 aliphatic carbocycles. The largest absolute Gasteiger partial charge is 0.416 e. The van der Waals surface area contributed by atoms with E-state index in [9.17, 15) is 13.2 Å². The summed E-state index contributed by atoms with van der Waals surface area (Å²) in [5, 5.41) is 0. The van der Waals surface area contributed by atoms with E-state index in [-0.39, 0.29) is 6.04 Å². The molecule has 1 aliphatic rings. The van der Waals surface area contributed by atoms with Gasteiger partial charge in [0.05, 0.1) is 5.56 Å². The summed E-state index contributed by atoms with van der Waals surface area (Å²) in [4.78, 5) is 2.08. The van der Waals surface area contributed by atoms with Crippen molar-refractivity contribution in [3.8, 4) is 10.4 Å². The topological polar surface area (TPSA) is 26.0 Å². The highest BCUT2D eigenvalue weighted by Gasteiger charge is 2.31. The van der Waals surface area contributed by atoms with E-state index in [4.69, 9.17) is 5.73 Å². The highest BCUT2D eigenvalue weighted by atomic mass is 32.1. The van der Waals surface area contributed by atoms with Crippen molar-refractivity contribution >= 4 is 11.3 Å². The maximum Gasteiger partial charge on any atom is 0.416 e. The average molecular weight is 297 g/mol. The van der Waals surface area contributed by atoms with Gasteiger partial charge in [0.2, 0.25) is 0 Å². The number of nitrogens with two attached hydrogens (primary N) is 1. The van der Waals surface area contributed by atoms with Gasteiger partial charge >= 0.3 is 6.18 Å². The molecule has 1 atom stereocenters. The molecule has 2 N–H and O–H groups in total. The maximum atomic E-state index is 12.5. The first-order chi connectivity index (χ1) is 9.45. The van der Waals surface area contributed by atoms with Gasteiger partial charge in [-0.05, 0) is 48.6 Å². The monoisotopic (exact) mass is 297 g/mol. The van der Waals surface area contributed by atoms with Gasteiger partial charge in [-0.2, -0.15) is 13.2 Å². The van der Waals surface area contributed by atoms with Gasteiger partial charge in [0.15, 0.2) is 0 Å². The molecule has 0 saturated heterocycles. The number of hydrogen-bond acceptors (Lipinski definition) is 2. The molecule has 1 aromatic heterocycles. The summed E-state index contributed by atoms with van der Waals surface area (Å²) in [6.07, 6.45) is -1.93. The molecule has 0 spiro atoms. The Labute approximate surface area is 119 Å². The third-order valence-corrected chi connectivity index (χ3v) is 4.82. The van der Waals surface area contributed by atoms with Crippen LogP contribution in [0.3, 0.4) is 0 Å². The van der Waals surface area contributed by atoms with Crippen molar-refractivity contribution in [2.24, 2.45) is 11.7 Å². The SMILES string of the molecule is NC(c1ccc(-c2ccc(C(F)(F)F)cc2)s1)C1CC1. The fourth-order valence-electron chi connectivity index (χ4n) is 2.20. The van der Waals surface area contributed by atoms with Crippen LogP contribution in [0.2, 0.25) is 0 Å². The predicted octanol–water partition coefficient (Wildman–Crippen LogP) is 4.84. The fourth-order valence-corrected chi connectivity index (χ4v) is 3.31. The summed E-state index contributed by atoms with van der Waals surface area (Å²) in [6.45, 7) is 0. The lowest BCUT2D eigenvalue weighted by molar-refractivity contribution is -0.137. The van der Waals surface area contributed by atoms with E-state index in [1.165, 1.54) is 25.0 Å². The second-order valence-electron chi connectivity index (χ2n) is 5.14. The zero-order valence-electron chi connectivity index (χ0n) is 10.7. The minimum atomic E-state index is -4.28. The summed E-state index contributed by atoms with van der Waals surface area (Å²) in [5.74, 6) is 0.578. The number of rotatable bonds is 3. The molecule has 5 heteroatoms. The van der Waals surface area contributed by atoms with E-state index in [2.05, 4.69) is 0 Å². The Hall–Kier alpha value is -1.33. The van der Waals surface area contributed by atoms with Crippen LogP contribution in [0.5, 0.6) is 0 Å². The molecule has 1 unspecified atom stereocenters. The average Bonchev–Trinajstić information content (AvgIpc) is 3.14. The summed E-state index contributed by atoms with van der Waals surface area (Å²) in [5.41, 5.74) is 6.32. The summed E-state index contributed by atoms with van der Waals surface area (Å²) in [7, 11) is 0. The quantitative estimate of drug-likeness (QED) is 0.861. The highest BCUT2D eigenvalue weighted by Crippen LogP contribution is 2.43. The van der Waals surface area contributed by atoms with E-state index in [1.54, 1.807) is 11.3 Å². The van der Waals surface area contributed by atoms with E-state index in [1.807, 2.05) is 12.1 Å². The smallest absolute Gasteiger partial charge is 0.323 e. The van der Waals surface area contributed by atoms with Gasteiger partial charge in [-0.15, -0.1) is 11.3 Å².